The molecule has 2 atom stereocenters. The largest absolute Gasteiger partial charge is 0.370 e. The quantitative estimate of drug-likeness (QED) is 0.634. The van der Waals surface area contributed by atoms with Crippen molar-refractivity contribution >= 4 is 34.7 Å². The Morgan fingerprint density at radius 2 is 1.85 bits per heavy atom. The van der Waals surface area contributed by atoms with Gasteiger partial charge in [0.05, 0.1) is 28.8 Å². The number of thiazole rings is 1. The molecule has 0 aliphatic carbocycles. The number of rotatable bonds is 4. The van der Waals surface area contributed by atoms with Gasteiger partial charge < -0.3 is 9.80 Å². The Morgan fingerprint density at radius 1 is 1.06 bits per heavy atom. The molecule has 5 rings (SSSR count). The van der Waals surface area contributed by atoms with Gasteiger partial charge in [0.25, 0.3) is 11.8 Å². The fourth-order valence-electron chi connectivity index (χ4n) is 5.40. The lowest BCUT2D eigenvalue weighted by Crippen LogP contribution is -2.45. The minimum absolute atomic E-state index is 0.0646. The van der Waals surface area contributed by atoms with Crippen LogP contribution in [0.3, 0.4) is 0 Å². The van der Waals surface area contributed by atoms with E-state index in [-0.39, 0.29) is 23.6 Å². The van der Waals surface area contributed by atoms with Gasteiger partial charge in [0, 0.05) is 37.8 Å². The molecule has 4 heterocycles. The van der Waals surface area contributed by atoms with Gasteiger partial charge in [0.15, 0.2) is 0 Å². The van der Waals surface area contributed by atoms with Crippen molar-refractivity contribution in [2.24, 2.45) is 5.92 Å². The second kappa shape index (κ2) is 9.25. The molecule has 2 unspecified atom stereocenters. The molecule has 0 bridgehead atoms. The number of anilines is 1. The van der Waals surface area contributed by atoms with E-state index >= 15 is 0 Å². The summed E-state index contributed by atoms with van der Waals surface area (Å²) < 4.78 is 0. The van der Waals surface area contributed by atoms with Crippen LogP contribution in [0.2, 0.25) is 0 Å². The zero-order valence-electron chi connectivity index (χ0n) is 19.0. The van der Waals surface area contributed by atoms with E-state index in [0.717, 1.165) is 56.0 Å². The third kappa shape index (κ3) is 4.05. The molecule has 0 saturated carbocycles. The zero-order valence-corrected chi connectivity index (χ0v) is 19.9. The Morgan fingerprint density at radius 3 is 2.58 bits per heavy atom. The van der Waals surface area contributed by atoms with Gasteiger partial charge in [-0.3, -0.25) is 19.3 Å². The Kier molecular flexibility index (Phi) is 6.19. The second-order valence-corrected chi connectivity index (χ2v) is 10.2. The number of benzene rings is 1. The molecule has 0 N–H and O–H groups in total. The van der Waals surface area contributed by atoms with Crippen molar-refractivity contribution in [1.82, 2.24) is 14.8 Å². The lowest BCUT2D eigenvalue weighted by Gasteiger charge is -2.36. The van der Waals surface area contributed by atoms with Crippen LogP contribution < -0.4 is 4.90 Å². The summed E-state index contributed by atoms with van der Waals surface area (Å²) in [5.74, 6) is -0.358. The summed E-state index contributed by atoms with van der Waals surface area (Å²) in [7, 11) is 0. The summed E-state index contributed by atoms with van der Waals surface area (Å²) in [6, 6.07) is 5.08. The molecule has 7 nitrogen and oxygen atoms in total. The maximum atomic E-state index is 13.5. The minimum Gasteiger partial charge on any atom is -0.370 e. The topological polar surface area (TPSA) is 73.8 Å². The van der Waals surface area contributed by atoms with Crippen LogP contribution in [0.15, 0.2) is 29.8 Å². The molecule has 2 saturated heterocycles. The summed E-state index contributed by atoms with van der Waals surface area (Å²) in [4.78, 5) is 49.8. The van der Waals surface area contributed by atoms with Gasteiger partial charge in [-0.15, -0.1) is 11.3 Å². The van der Waals surface area contributed by atoms with Crippen LogP contribution in [0.1, 0.15) is 77.2 Å². The molecular weight excluding hydrogens is 436 g/mol. The van der Waals surface area contributed by atoms with Gasteiger partial charge in [-0.25, -0.2) is 4.98 Å². The molecule has 0 spiro atoms. The van der Waals surface area contributed by atoms with Crippen molar-refractivity contribution in [3.63, 3.8) is 0 Å². The summed E-state index contributed by atoms with van der Waals surface area (Å²) in [6.07, 6.45) is 8.02. The number of amides is 3. The van der Waals surface area contributed by atoms with E-state index in [9.17, 15) is 14.4 Å². The standard InChI is InChI=1S/C25H30N4O3S/c1-17(22-26-11-15-33-22)29-24(31)19-9-6-10-20(21(19)25(29)32)28-14-7-8-18(16-28)23(30)27-12-4-2-3-5-13-27/h6,9-11,15,17-18H,2-5,7-8,12-14,16H2,1H3. The number of aromatic nitrogens is 1. The number of carbonyl (C=O) groups excluding carboxylic acids is 3. The monoisotopic (exact) mass is 466 g/mol. The first kappa shape index (κ1) is 22.1. The van der Waals surface area contributed by atoms with Gasteiger partial charge in [0.1, 0.15) is 5.01 Å². The first-order chi connectivity index (χ1) is 16.1. The number of imide groups is 1. The van der Waals surface area contributed by atoms with Crippen molar-refractivity contribution in [1.29, 1.82) is 0 Å². The average Bonchev–Trinajstić information content (AvgIpc) is 3.36. The number of nitrogens with zero attached hydrogens (tertiary/aromatic N) is 4. The molecule has 3 amide bonds. The molecule has 33 heavy (non-hydrogen) atoms. The molecule has 2 aromatic rings. The molecular formula is C25H30N4O3S. The number of likely N-dealkylation sites (tertiary alicyclic amines) is 1. The van der Waals surface area contributed by atoms with E-state index in [1.807, 2.05) is 29.3 Å². The van der Waals surface area contributed by atoms with Crippen molar-refractivity contribution in [3.8, 4) is 0 Å². The van der Waals surface area contributed by atoms with E-state index in [4.69, 9.17) is 0 Å². The highest BCUT2D eigenvalue weighted by atomic mass is 32.1. The second-order valence-electron chi connectivity index (χ2n) is 9.25. The van der Waals surface area contributed by atoms with Crippen LogP contribution in [0.4, 0.5) is 5.69 Å². The summed E-state index contributed by atoms with van der Waals surface area (Å²) in [5.41, 5.74) is 1.68. The SMILES string of the molecule is CC(c1nccs1)N1C(=O)c2cccc(N3CCCC(C(=O)N4CCCCCC4)C3)c2C1=O. The Labute approximate surface area is 198 Å². The summed E-state index contributed by atoms with van der Waals surface area (Å²) in [5, 5.41) is 2.59. The molecule has 1 aromatic carbocycles. The fourth-order valence-corrected chi connectivity index (χ4v) is 6.08. The van der Waals surface area contributed by atoms with Crippen LogP contribution in [-0.2, 0) is 4.79 Å². The minimum atomic E-state index is -0.413. The number of piperidine rings is 1. The maximum Gasteiger partial charge on any atom is 0.264 e. The first-order valence-electron chi connectivity index (χ1n) is 12.0. The Balaban J connectivity index is 1.39. The van der Waals surface area contributed by atoms with E-state index in [1.165, 1.54) is 29.1 Å². The van der Waals surface area contributed by atoms with Gasteiger partial charge in [-0.05, 0) is 44.7 Å². The molecule has 1 aromatic heterocycles. The van der Waals surface area contributed by atoms with Gasteiger partial charge in [-0.1, -0.05) is 18.9 Å². The highest BCUT2D eigenvalue weighted by molar-refractivity contribution is 7.09. The van der Waals surface area contributed by atoms with E-state index in [0.29, 0.717) is 17.7 Å². The summed E-state index contributed by atoms with van der Waals surface area (Å²) >= 11 is 1.44. The lowest BCUT2D eigenvalue weighted by molar-refractivity contribution is -0.135. The first-order valence-corrected chi connectivity index (χ1v) is 12.9. The Hall–Kier alpha value is -2.74. The molecule has 2 fully saturated rings. The third-order valence-corrected chi connectivity index (χ3v) is 8.10. The van der Waals surface area contributed by atoms with Crippen molar-refractivity contribution in [3.05, 3.63) is 45.9 Å². The van der Waals surface area contributed by atoms with Crippen LogP contribution in [0.5, 0.6) is 0 Å². The van der Waals surface area contributed by atoms with Crippen LogP contribution in [0.25, 0.3) is 0 Å². The molecule has 3 aliphatic rings. The highest BCUT2D eigenvalue weighted by Crippen LogP contribution is 2.38. The molecule has 174 valence electrons. The lowest BCUT2D eigenvalue weighted by atomic mass is 9.94. The Bertz CT molecular complexity index is 1050. The predicted octanol–water partition coefficient (Wildman–Crippen LogP) is 4.12. The number of fused-ring (bicyclic) bond motifs is 1. The maximum absolute atomic E-state index is 13.5. The van der Waals surface area contributed by atoms with Gasteiger partial charge in [-0.2, -0.15) is 0 Å². The van der Waals surface area contributed by atoms with Crippen LogP contribution in [-0.4, -0.2) is 58.7 Å². The molecule has 3 aliphatic heterocycles. The highest BCUT2D eigenvalue weighted by Gasteiger charge is 2.42. The predicted molar refractivity (Wildman–Crippen MR) is 127 cm³/mol. The smallest absolute Gasteiger partial charge is 0.264 e. The molecule has 0 radical (unpaired) electrons. The number of carbonyl (C=O) groups is 3. The number of hydrogen-bond donors (Lipinski definition) is 0. The summed E-state index contributed by atoms with van der Waals surface area (Å²) in [6.45, 7) is 4.93. The van der Waals surface area contributed by atoms with Crippen molar-refractivity contribution < 1.29 is 14.4 Å². The van der Waals surface area contributed by atoms with Crippen molar-refractivity contribution in [2.75, 3.05) is 31.1 Å². The van der Waals surface area contributed by atoms with E-state index in [2.05, 4.69) is 9.88 Å². The number of hydrogen-bond acceptors (Lipinski definition) is 6. The molecule has 8 heteroatoms. The van der Waals surface area contributed by atoms with Crippen LogP contribution >= 0.6 is 11.3 Å². The third-order valence-electron chi connectivity index (χ3n) is 7.15. The fraction of sp³-hybridized carbons (Fsp3) is 0.520. The van der Waals surface area contributed by atoms with Crippen molar-refractivity contribution in [2.45, 2.75) is 51.5 Å². The normalized spacial score (nSPS) is 22.3. The van der Waals surface area contributed by atoms with E-state index < -0.39 is 6.04 Å². The zero-order chi connectivity index (χ0) is 22.9. The van der Waals surface area contributed by atoms with E-state index in [1.54, 1.807) is 12.3 Å². The van der Waals surface area contributed by atoms with Crippen LogP contribution in [0, 0.1) is 5.92 Å². The van der Waals surface area contributed by atoms with Gasteiger partial charge >= 0.3 is 0 Å². The van der Waals surface area contributed by atoms with Gasteiger partial charge in [0.2, 0.25) is 5.91 Å². The average molecular weight is 467 g/mol.